The number of rotatable bonds is 4. The Morgan fingerprint density at radius 3 is 2.72 bits per heavy atom. The number of carbonyl (C=O) groups excluding carboxylic acids is 1. The molecule has 1 aromatic carbocycles. The van der Waals surface area contributed by atoms with Crippen LogP contribution in [-0.4, -0.2) is 5.91 Å². The van der Waals surface area contributed by atoms with E-state index < -0.39 is 5.91 Å². The molecule has 1 heterocycles. The van der Waals surface area contributed by atoms with E-state index >= 15 is 0 Å². The van der Waals surface area contributed by atoms with Crippen molar-refractivity contribution in [2.45, 2.75) is 19.9 Å². The molecule has 0 bridgehead atoms. The van der Waals surface area contributed by atoms with E-state index in [4.69, 9.17) is 10.2 Å². The van der Waals surface area contributed by atoms with Crippen LogP contribution in [0.4, 0.5) is 5.69 Å². The van der Waals surface area contributed by atoms with E-state index in [0.29, 0.717) is 5.56 Å². The summed E-state index contributed by atoms with van der Waals surface area (Å²) in [5, 5.41) is 3.37. The molecule has 1 aromatic heterocycles. The molecule has 2 aromatic rings. The predicted octanol–water partition coefficient (Wildman–Crippen LogP) is 2.86. The average molecular weight is 244 g/mol. The normalized spacial score (nSPS) is 12.1. The van der Waals surface area contributed by atoms with Crippen LogP contribution >= 0.6 is 0 Å². The molecule has 0 aliphatic rings. The van der Waals surface area contributed by atoms with Crippen LogP contribution in [0.25, 0.3) is 0 Å². The van der Waals surface area contributed by atoms with Gasteiger partial charge in [-0.15, -0.1) is 0 Å². The molecule has 2 rings (SSSR count). The van der Waals surface area contributed by atoms with Gasteiger partial charge in [-0.1, -0.05) is 0 Å². The van der Waals surface area contributed by atoms with Crippen molar-refractivity contribution in [1.82, 2.24) is 0 Å². The molecule has 0 aliphatic heterocycles. The number of amides is 1. The molecule has 94 valence electrons. The summed E-state index contributed by atoms with van der Waals surface area (Å²) >= 11 is 0. The lowest BCUT2D eigenvalue weighted by Crippen LogP contribution is -2.12. The molecule has 18 heavy (non-hydrogen) atoms. The van der Waals surface area contributed by atoms with Crippen LogP contribution in [0.5, 0.6) is 0 Å². The highest BCUT2D eigenvalue weighted by atomic mass is 16.3. The van der Waals surface area contributed by atoms with E-state index in [1.165, 1.54) is 0 Å². The van der Waals surface area contributed by atoms with Gasteiger partial charge in [0.15, 0.2) is 0 Å². The predicted molar refractivity (Wildman–Crippen MR) is 70.4 cm³/mol. The molecule has 4 nitrogen and oxygen atoms in total. The number of carbonyl (C=O) groups is 1. The van der Waals surface area contributed by atoms with Crippen LogP contribution in [0.1, 0.15) is 34.5 Å². The fourth-order valence-electron chi connectivity index (χ4n) is 1.82. The van der Waals surface area contributed by atoms with Crippen molar-refractivity contribution in [3.8, 4) is 0 Å². The minimum absolute atomic E-state index is 0.141. The Hall–Kier alpha value is -2.23. The first-order valence-corrected chi connectivity index (χ1v) is 5.77. The zero-order chi connectivity index (χ0) is 13.1. The third kappa shape index (κ3) is 2.53. The fraction of sp³-hybridized carbons (Fsp3) is 0.214. The number of nitrogens with two attached hydrogens (primary N) is 1. The largest absolute Gasteiger partial charge is 0.472 e. The first kappa shape index (κ1) is 12.2. The molecule has 0 aliphatic carbocycles. The molecule has 0 spiro atoms. The number of anilines is 1. The highest BCUT2D eigenvalue weighted by molar-refractivity contribution is 5.93. The maximum absolute atomic E-state index is 11.1. The van der Waals surface area contributed by atoms with Crippen LogP contribution < -0.4 is 11.1 Å². The second kappa shape index (κ2) is 4.96. The lowest BCUT2D eigenvalue weighted by Gasteiger charge is -2.16. The third-order valence-corrected chi connectivity index (χ3v) is 2.93. The Morgan fingerprint density at radius 1 is 1.39 bits per heavy atom. The molecule has 0 saturated carbocycles. The molecule has 1 atom stereocenters. The van der Waals surface area contributed by atoms with Gasteiger partial charge in [0.2, 0.25) is 5.91 Å². The summed E-state index contributed by atoms with van der Waals surface area (Å²) in [5.74, 6) is -0.410. The average Bonchev–Trinajstić information content (AvgIpc) is 2.85. The third-order valence-electron chi connectivity index (χ3n) is 2.93. The monoisotopic (exact) mass is 244 g/mol. The van der Waals surface area contributed by atoms with E-state index in [1.807, 2.05) is 26.0 Å². The second-order valence-corrected chi connectivity index (χ2v) is 4.32. The fourth-order valence-corrected chi connectivity index (χ4v) is 1.82. The molecule has 3 N–H and O–H groups in total. The van der Waals surface area contributed by atoms with Crippen molar-refractivity contribution in [2.24, 2.45) is 5.73 Å². The standard InChI is InChI=1S/C14H16N2O2/c1-9-7-11(14(15)17)3-4-13(9)16-10(2)12-5-6-18-8-12/h3-8,10,16H,1-2H3,(H2,15,17). The summed E-state index contributed by atoms with van der Waals surface area (Å²) in [4.78, 5) is 11.1. The van der Waals surface area contributed by atoms with Gasteiger partial charge >= 0.3 is 0 Å². The van der Waals surface area contributed by atoms with Crippen molar-refractivity contribution >= 4 is 11.6 Å². The number of hydrogen-bond acceptors (Lipinski definition) is 3. The summed E-state index contributed by atoms with van der Waals surface area (Å²) in [6, 6.07) is 7.44. The van der Waals surface area contributed by atoms with Gasteiger partial charge in [-0.3, -0.25) is 4.79 Å². The number of aryl methyl sites for hydroxylation is 1. The van der Waals surface area contributed by atoms with Crippen molar-refractivity contribution < 1.29 is 9.21 Å². The van der Waals surface area contributed by atoms with Gasteiger partial charge in [-0.25, -0.2) is 0 Å². The van der Waals surface area contributed by atoms with Crippen molar-refractivity contribution in [1.29, 1.82) is 0 Å². The minimum Gasteiger partial charge on any atom is -0.472 e. The molecule has 4 heteroatoms. The summed E-state index contributed by atoms with van der Waals surface area (Å²) in [6.45, 7) is 3.99. The summed E-state index contributed by atoms with van der Waals surface area (Å²) < 4.78 is 5.05. The number of benzene rings is 1. The molecule has 1 amide bonds. The lowest BCUT2D eigenvalue weighted by atomic mass is 10.1. The first-order chi connectivity index (χ1) is 8.58. The van der Waals surface area contributed by atoms with Gasteiger partial charge in [0.25, 0.3) is 0 Å². The van der Waals surface area contributed by atoms with Gasteiger partial charge in [0.1, 0.15) is 0 Å². The molecular formula is C14H16N2O2. The van der Waals surface area contributed by atoms with Crippen LogP contribution in [0, 0.1) is 6.92 Å². The summed E-state index contributed by atoms with van der Waals surface area (Å²) in [7, 11) is 0. The quantitative estimate of drug-likeness (QED) is 0.868. The van der Waals surface area contributed by atoms with Gasteiger partial charge in [-0.2, -0.15) is 0 Å². The lowest BCUT2D eigenvalue weighted by molar-refractivity contribution is 0.1000. The Bertz CT molecular complexity index is 547. The van der Waals surface area contributed by atoms with Crippen LogP contribution in [0.3, 0.4) is 0 Å². The number of furan rings is 1. The van der Waals surface area contributed by atoms with Crippen molar-refractivity contribution in [2.75, 3.05) is 5.32 Å². The van der Waals surface area contributed by atoms with Gasteiger partial charge < -0.3 is 15.5 Å². The Balaban J connectivity index is 2.17. The number of primary amides is 1. The molecular weight excluding hydrogens is 228 g/mol. The topological polar surface area (TPSA) is 68.3 Å². The number of hydrogen-bond donors (Lipinski definition) is 2. The highest BCUT2D eigenvalue weighted by Crippen LogP contribution is 2.23. The van der Waals surface area contributed by atoms with E-state index in [0.717, 1.165) is 16.8 Å². The van der Waals surface area contributed by atoms with E-state index in [9.17, 15) is 4.79 Å². The van der Waals surface area contributed by atoms with Crippen LogP contribution in [0.15, 0.2) is 41.2 Å². The SMILES string of the molecule is Cc1cc(C(N)=O)ccc1NC(C)c1ccoc1. The second-order valence-electron chi connectivity index (χ2n) is 4.32. The van der Waals surface area contributed by atoms with E-state index in [1.54, 1.807) is 24.7 Å². The zero-order valence-electron chi connectivity index (χ0n) is 10.4. The molecule has 1 unspecified atom stereocenters. The summed E-state index contributed by atoms with van der Waals surface area (Å²) in [6.07, 6.45) is 3.36. The molecule has 0 radical (unpaired) electrons. The van der Waals surface area contributed by atoms with Crippen molar-refractivity contribution in [3.63, 3.8) is 0 Å². The Labute approximate surface area is 106 Å². The van der Waals surface area contributed by atoms with Crippen LogP contribution in [0.2, 0.25) is 0 Å². The number of nitrogens with one attached hydrogen (secondary N) is 1. The van der Waals surface area contributed by atoms with Gasteiger partial charge in [0, 0.05) is 16.8 Å². The summed E-state index contributed by atoms with van der Waals surface area (Å²) in [5.41, 5.74) is 8.81. The van der Waals surface area contributed by atoms with Gasteiger partial charge in [-0.05, 0) is 43.7 Å². The first-order valence-electron chi connectivity index (χ1n) is 5.77. The Kier molecular flexibility index (Phi) is 3.37. The Morgan fingerprint density at radius 2 is 2.17 bits per heavy atom. The smallest absolute Gasteiger partial charge is 0.248 e. The highest BCUT2D eigenvalue weighted by Gasteiger charge is 2.09. The van der Waals surface area contributed by atoms with E-state index in [-0.39, 0.29) is 6.04 Å². The minimum atomic E-state index is -0.410. The van der Waals surface area contributed by atoms with Gasteiger partial charge in [0.05, 0.1) is 18.6 Å². The van der Waals surface area contributed by atoms with Crippen molar-refractivity contribution in [3.05, 3.63) is 53.5 Å². The zero-order valence-corrected chi connectivity index (χ0v) is 10.4. The maximum Gasteiger partial charge on any atom is 0.248 e. The molecule has 0 fully saturated rings. The maximum atomic E-state index is 11.1. The van der Waals surface area contributed by atoms with E-state index in [2.05, 4.69) is 5.32 Å². The van der Waals surface area contributed by atoms with Crippen LogP contribution in [-0.2, 0) is 0 Å². The molecule has 0 saturated heterocycles.